The molecule has 0 aliphatic heterocycles. The summed E-state index contributed by atoms with van der Waals surface area (Å²) >= 11 is 0. The van der Waals surface area contributed by atoms with Gasteiger partial charge < -0.3 is 10.3 Å². The van der Waals surface area contributed by atoms with Crippen molar-refractivity contribution in [1.29, 1.82) is 0 Å². The maximum Gasteiger partial charge on any atom is 0.253 e. The molecule has 0 bridgehead atoms. The van der Waals surface area contributed by atoms with Crippen molar-refractivity contribution in [2.45, 2.75) is 47.1 Å². The van der Waals surface area contributed by atoms with Crippen LogP contribution in [0.15, 0.2) is 17.2 Å². The van der Waals surface area contributed by atoms with Crippen LogP contribution in [-0.2, 0) is 17.8 Å². The van der Waals surface area contributed by atoms with Crippen LogP contribution in [-0.4, -0.2) is 30.5 Å². The molecule has 0 aliphatic carbocycles. The Hall–Kier alpha value is -3.03. The zero-order valence-electron chi connectivity index (χ0n) is 15.4. The van der Waals surface area contributed by atoms with E-state index in [1.807, 2.05) is 33.8 Å². The lowest BCUT2D eigenvalue weighted by molar-refractivity contribution is -0.121. The molecule has 3 aromatic rings. The number of carbonyl (C=O) groups excluding carboxylic acids is 1. The van der Waals surface area contributed by atoms with Crippen molar-refractivity contribution in [2.24, 2.45) is 0 Å². The van der Waals surface area contributed by atoms with Crippen LogP contribution < -0.4 is 10.9 Å². The number of aromatic nitrogens is 5. The molecule has 8 nitrogen and oxygen atoms in total. The van der Waals surface area contributed by atoms with Crippen LogP contribution in [0, 0.1) is 27.7 Å². The van der Waals surface area contributed by atoms with Gasteiger partial charge in [-0.05, 0) is 51.3 Å². The van der Waals surface area contributed by atoms with E-state index < -0.39 is 0 Å². The number of nitrogens with zero attached hydrogens (tertiary/aromatic N) is 4. The van der Waals surface area contributed by atoms with Gasteiger partial charge in [0.05, 0.1) is 0 Å². The molecule has 3 rings (SSSR count). The van der Waals surface area contributed by atoms with E-state index in [-0.39, 0.29) is 18.0 Å². The van der Waals surface area contributed by atoms with Gasteiger partial charge in [-0.25, -0.2) is 9.50 Å². The Balaban J connectivity index is 1.66. The van der Waals surface area contributed by atoms with E-state index in [4.69, 9.17) is 0 Å². The number of H-pyrrole nitrogens is 1. The third-order valence-corrected chi connectivity index (χ3v) is 4.55. The molecule has 0 aliphatic rings. The lowest BCUT2D eigenvalue weighted by atomic mass is 10.1. The number of hydrogen-bond donors (Lipinski definition) is 2. The van der Waals surface area contributed by atoms with E-state index in [2.05, 4.69) is 25.4 Å². The van der Waals surface area contributed by atoms with Crippen molar-refractivity contribution in [3.63, 3.8) is 0 Å². The first-order valence-corrected chi connectivity index (χ1v) is 8.48. The van der Waals surface area contributed by atoms with Crippen LogP contribution in [0.1, 0.15) is 40.2 Å². The van der Waals surface area contributed by atoms with Crippen molar-refractivity contribution in [3.05, 3.63) is 56.5 Å². The van der Waals surface area contributed by atoms with Gasteiger partial charge in [0, 0.05) is 35.6 Å². The summed E-state index contributed by atoms with van der Waals surface area (Å²) in [5.41, 5.74) is 4.88. The van der Waals surface area contributed by atoms with E-state index in [1.165, 1.54) is 6.33 Å². The molecule has 0 unspecified atom stereocenters. The molecular formula is C18H22N6O2. The van der Waals surface area contributed by atoms with Crippen LogP contribution in [0.3, 0.4) is 0 Å². The highest BCUT2D eigenvalue weighted by Crippen LogP contribution is 2.15. The fourth-order valence-corrected chi connectivity index (χ4v) is 3.13. The summed E-state index contributed by atoms with van der Waals surface area (Å²) in [5, 5.41) is 6.98. The molecule has 0 fully saturated rings. The first-order chi connectivity index (χ1) is 12.4. The second kappa shape index (κ2) is 7.07. The molecule has 0 spiro atoms. The molecule has 0 saturated carbocycles. The Bertz CT molecular complexity index is 1030. The van der Waals surface area contributed by atoms with Crippen molar-refractivity contribution in [2.75, 3.05) is 0 Å². The SMILES string of the molecule is Cc1cc(C)c(CNC(=O)CCc2c(C)nc3ncnn3c2C)c(=O)[nH]1. The van der Waals surface area contributed by atoms with Crippen LogP contribution >= 0.6 is 0 Å². The standard InChI is InChI=1S/C18H22N6O2/c1-10-7-11(2)22-17(26)15(10)8-19-16(25)6-5-14-12(3)23-18-20-9-21-24(18)13(14)4/h7,9H,5-6,8H2,1-4H3,(H,19,25)(H,22,26). The first-order valence-electron chi connectivity index (χ1n) is 8.48. The third kappa shape index (κ3) is 3.49. The van der Waals surface area contributed by atoms with Crippen molar-refractivity contribution < 1.29 is 4.79 Å². The predicted molar refractivity (Wildman–Crippen MR) is 97.0 cm³/mol. The lowest BCUT2D eigenvalue weighted by Crippen LogP contribution is -2.28. The summed E-state index contributed by atoms with van der Waals surface area (Å²) in [6, 6.07) is 1.90. The number of carbonyl (C=O) groups is 1. The Morgan fingerprint density at radius 2 is 2.00 bits per heavy atom. The average molecular weight is 354 g/mol. The van der Waals surface area contributed by atoms with Crippen molar-refractivity contribution >= 4 is 11.7 Å². The predicted octanol–water partition coefficient (Wildman–Crippen LogP) is 1.30. The molecule has 26 heavy (non-hydrogen) atoms. The average Bonchev–Trinajstić information content (AvgIpc) is 3.02. The van der Waals surface area contributed by atoms with E-state index >= 15 is 0 Å². The molecule has 0 saturated heterocycles. The fourth-order valence-electron chi connectivity index (χ4n) is 3.13. The Morgan fingerprint density at radius 3 is 2.73 bits per heavy atom. The van der Waals surface area contributed by atoms with Gasteiger partial charge >= 0.3 is 0 Å². The van der Waals surface area contributed by atoms with Crippen LogP contribution in [0.2, 0.25) is 0 Å². The van der Waals surface area contributed by atoms with Gasteiger partial charge in [-0.2, -0.15) is 10.1 Å². The van der Waals surface area contributed by atoms with Gasteiger partial charge in [-0.1, -0.05) is 0 Å². The number of rotatable bonds is 5. The molecule has 0 radical (unpaired) electrons. The highest BCUT2D eigenvalue weighted by atomic mass is 16.1. The van der Waals surface area contributed by atoms with Crippen LogP contribution in [0.25, 0.3) is 5.78 Å². The summed E-state index contributed by atoms with van der Waals surface area (Å²) < 4.78 is 1.68. The zero-order valence-corrected chi connectivity index (χ0v) is 15.4. The molecule has 1 amide bonds. The fraction of sp³-hybridized carbons (Fsp3) is 0.389. The zero-order chi connectivity index (χ0) is 18.8. The normalized spacial score (nSPS) is 11.1. The molecule has 136 valence electrons. The number of hydrogen-bond acceptors (Lipinski definition) is 5. The molecular weight excluding hydrogens is 332 g/mol. The number of fused-ring (bicyclic) bond motifs is 1. The van der Waals surface area contributed by atoms with Crippen LogP contribution in [0.5, 0.6) is 0 Å². The highest BCUT2D eigenvalue weighted by Gasteiger charge is 2.13. The summed E-state index contributed by atoms with van der Waals surface area (Å²) in [4.78, 5) is 35.5. The maximum absolute atomic E-state index is 12.2. The number of pyridine rings is 1. The van der Waals surface area contributed by atoms with Gasteiger partial charge in [0.1, 0.15) is 6.33 Å². The van der Waals surface area contributed by atoms with Gasteiger partial charge in [0.25, 0.3) is 11.3 Å². The maximum atomic E-state index is 12.2. The summed E-state index contributed by atoms with van der Waals surface area (Å²) in [6.07, 6.45) is 2.33. The number of aromatic amines is 1. The Morgan fingerprint density at radius 1 is 1.23 bits per heavy atom. The van der Waals surface area contributed by atoms with Gasteiger partial charge in [-0.15, -0.1) is 0 Å². The second-order valence-corrected chi connectivity index (χ2v) is 6.45. The highest BCUT2D eigenvalue weighted by molar-refractivity contribution is 5.76. The van der Waals surface area contributed by atoms with E-state index in [1.54, 1.807) is 4.52 Å². The Kier molecular flexibility index (Phi) is 4.83. The number of amides is 1. The Labute approximate surface area is 150 Å². The van der Waals surface area contributed by atoms with Crippen molar-refractivity contribution in [1.82, 2.24) is 29.9 Å². The van der Waals surface area contributed by atoms with Crippen LogP contribution in [0.4, 0.5) is 0 Å². The third-order valence-electron chi connectivity index (χ3n) is 4.55. The topological polar surface area (TPSA) is 105 Å². The minimum Gasteiger partial charge on any atom is -0.352 e. The molecule has 3 aromatic heterocycles. The van der Waals surface area contributed by atoms with E-state index in [0.29, 0.717) is 24.2 Å². The molecule has 0 atom stereocenters. The largest absolute Gasteiger partial charge is 0.352 e. The van der Waals surface area contributed by atoms with Gasteiger partial charge in [-0.3, -0.25) is 9.59 Å². The summed E-state index contributed by atoms with van der Waals surface area (Å²) in [7, 11) is 0. The molecule has 3 heterocycles. The quantitative estimate of drug-likeness (QED) is 0.718. The summed E-state index contributed by atoms with van der Waals surface area (Å²) in [5.74, 6) is 0.448. The molecule has 2 N–H and O–H groups in total. The van der Waals surface area contributed by atoms with Gasteiger partial charge in [0.2, 0.25) is 5.91 Å². The smallest absolute Gasteiger partial charge is 0.253 e. The number of nitrogens with one attached hydrogen (secondary N) is 2. The molecule has 8 heteroatoms. The minimum absolute atomic E-state index is 0.109. The lowest BCUT2D eigenvalue weighted by Gasteiger charge is -2.11. The van der Waals surface area contributed by atoms with Crippen molar-refractivity contribution in [3.8, 4) is 0 Å². The van der Waals surface area contributed by atoms with Gasteiger partial charge in [0.15, 0.2) is 0 Å². The summed E-state index contributed by atoms with van der Waals surface area (Å²) in [6.45, 7) is 7.78. The second-order valence-electron chi connectivity index (χ2n) is 6.45. The number of aryl methyl sites for hydroxylation is 4. The van der Waals surface area contributed by atoms with E-state index in [0.717, 1.165) is 28.2 Å². The molecule has 0 aromatic carbocycles. The minimum atomic E-state index is -0.157. The monoisotopic (exact) mass is 354 g/mol. The van der Waals surface area contributed by atoms with E-state index in [9.17, 15) is 9.59 Å². The first kappa shape index (κ1) is 17.8.